The Bertz CT molecular complexity index is 1140. The number of aromatic amines is 1. The molecule has 9 heteroatoms. The Morgan fingerprint density at radius 3 is 2.34 bits per heavy atom. The first-order valence-electron chi connectivity index (χ1n) is 8.65. The molecule has 0 saturated carbocycles. The van der Waals surface area contributed by atoms with Crippen molar-refractivity contribution in [3.63, 3.8) is 0 Å². The molecule has 0 amide bonds. The van der Waals surface area contributed by atoms with Crippen LogP contribution < -0.4 is 5.32 Å². The van der Waals surface area contributed by atoms with E-state index in [9.17, 15) is 13.2 Å². The molecule has 4 aromatic rings. The third-order valence-corrected chi connectivity index (χ3v) is 4.16. The van der Waals surface area contributed by atoms with Crippen molar-refractivity contribution in [2.24, 2.45) is 0 Å². The number of halogens is 3. The predicted molar refractivity (Wildman–Crippen MR) is 102 cm³/mol. The van der Waals surface area contributed by atoms with Gasteiger partial charge >= 0.3 is 6.18 Å². The number of nitrogens with zero attached hydrogens (tertiary/aromatic N) is 4. The number of aromatic nitrogens is 5. The van der Waals surface area contributed by atoms with Crippen LogP contribution in [0.2, 0.25) is 0 Å². The zero-order valence-corrected chi connectivity index (χ0v) is 15.2. The summed E-state index contributed by atoms with van der Waals surface area (Å²) in [6, 6.07) is 12.0. The largest absolute Gasteiger partial charge is 0.417 e. The summed E-state index contributed by atoms with van der Waals surface area (Å²) < 4.78 is 40.6. The average molecular weight is 396 g/mol. The van der Waals surface area contributed by atoms with Gasteiger partial charge in [0.05, 0.1) is 17.0 Å². The summed E-state index contributed by atoms with van der Waals surface area (Å²) in [7, 11) is 0. The molecule has 29 heavy (non-hydrogen) atoms. The molecule has 4 rings (SSSR count). The van der Waals surface area contributed by atoms with E-state index in [1.165, 1.54) is 18.2 Å². The van der Waals surface area contributed by atoms with Gasteiger partial charge in [0.25, 0.3) is 0 Å². The molecule has 0 bridgehead atoms. The number of rotatable bonds is 4. The fourth-order valence-electron chi connectivity index (χ4n) is 2.86. The van der Waals surface area contributed by atoms with Crippen LogP contribution in [-0.2, 0) is 6.18 Å². The fourth-order valence-corrected chi connectivity index (χ4v) is 2.86. The number of hydrogen-bond donors (Lipinski definition) is 2. The van der Waals surface area contributed by atoms with Crippen molar-refractivity contribution in [1.29, 1.82) is 0 Å². The SMILES string of the molecule is Cc1cc(Nc2nc(-c3ccncc3)cc(-c3ccccc3C(F)(F)F)n2)n[nH]1. The monoisotopic (exact) mass is 396 g/mol. The van der Waals surface area contributed by atoms with Gasteiger partial charge in [-0.3, -0.25) is 10.1 Å². The third-order valence-electron chi connectivity index (χ3n) is 4.16. The molecule has 0 atom stereocenters. The van der Waals surface area contributed by atoms with E-state index in [1.54, 1.807) is 36.7 Å². The minimum Gasteiger partial charge on any atom is -0.307 e. The molecule has 3 heterocycles. The van der Waals surface area contributed by atoms with Gasteiger partial charge in [0.15, 0.2) is 5.82 Å². The quantitative estimate of drug-likeness (QED) is 0.508. The molecular formula is C20H15F3N6. The van der Waals surface area contributed by atoms with Crippen LogP contribution in [-0.4, -0.2) is 25.1 Å². The number of aryl methyl sites for hydroxylation is 1. The number of hydrogen-bond acceptors (Lipinski definition) is 5. The lowest BCUT2D eigenvalue weighted by Crippen LogP contribution is -2.08. The van der Waals surface area contributed by atoms with Crippen LogP contribution in [0.25, 0.3) is 22.5 Å². The Kier molecular flexibility index (Phi) is 4.71. The third kappa shape index (κ3) is 4.08. The van der Waals surface area contributed by atoms with Crippen LogP contribution in [0.4, 0.5) is 24.9 Å². The maximum absolute atomic E-state index is 13.5. The second-order valence-electron chi connectivity index (χ2n) is 6.30. The highest BCUT2D eigenvalue weighted by Crippen LogP contribution is 2.37. The Labute approximate surface area is 163 Å². The first-order valence-corrected chi connectivity index (χ1v) is 8.65. The zero-order chi connectivity index (χ0) is 20.4. The molecule has 146 valence electrons. The van der Waals surface area contributed by atoms with E-state index < -0.39 is 11.7 Å². The first kappa shape index (κ1) is 18.6. The summed E-state index contributed by atoms with van der Waals surface area (Å²) in [5, 5.41) is 9.79. The average Bonchev–Trinajstić information content (AvgIpc) is 3.12. The first-order chi connectivity index (χ1) is 13.9. The van der Waals surface area contributed by atoms with Crippen molar-refractivity contribution in [1.82, 2.24) is 25.1 Å². The molecule has 1 aromatic carbocycles. The van der Waals surface area contributed by atoms with E-state index >= 15 is 0 Å². The molecule has 3 aromatic heterocycles. The Morgan fingerprint density at radius 1 is 0.931 bits per heavy atom. The van der Waals surface area contributed by atoms with Crippen molar-refractivity contribution in [3.8, 4) is 22.5 Å². The highest BCUT2D eigenvalue weighted by Gasteiger charge is 2.33. The Hall–Kier alpha value is -3.75. The molecule has 0 saturated heterocycles. The summed E-state index contributed by atoms with van der Waals surface area (Å²) in [5.74, 6) is 0.599. The fraction of sp³-hybridized carbons (Fsp3) is 0.100. The van der Waals surface area contributed by atoms with Crippen LogP contribution in [0.5, 0.6) is 0 Å². The maximum atomic E-state index is 13.5. The molecule has 2 N–H and O–H groups in total. The maximum Gasteiger partial charge on any atom is 0.417 e. The predicted octanol–water partition coefficient (Wildman–Crippen LogP) is 5.00. The minimum atomic E-state index is -4.51. The standard InChI is InChI=1S/C20H15F3N6/c1-12-10-18(29-28-12)27-19-25-16(13-6-8-24-9-7-13)11-17(26-19)14-4-2-3-5-15(14)20(21,22)23/h2-11H,1H3,(H2,25,26,27,28,29). The molecule has 0 radical (unpaired) electrons. The summed E-state index contributed by atoms with van der Waals surface area (Å²) in [4.78, 5) is 12.7. The van der Waals surface area contributed by atoms with Crippen molar-refractivity contribution in [2.45, 2.75) is 13.1 Å². The normalized spacial score (nSPS) is 11.4. The van der Waals surface area contributed by atoms with Gasteiger partial charge in [-0.15, -0.1) is 0 Å². The summed E-state index contributed by atoms with van der Waals surface area (Å²) in [6.07, 6.45) is -1.33. The van der Waals surface area contributed by atoms with Crippen molar-refractivity contribution in [2.75, 3.05) is 5.32 Å². The molecular weight excluding hydrogens is 381 g/mol. The van der Waals surface area contributed by atoms with Gasteiger partial charge in [-0.1, -0.05) is 18.2 Å². The molecule has 0 spiro atoms. The number of alkyl halides is 3. The molecule has 0 aliphatic carbocycles. The van der Waals surface area contributed by atoms with Crippen LogP contribution >= 0.6 is 0 Å². The van der Waals surface area contributed by atoms with Crippen LogP contribution in [0, 0.1) is 6.92 Å². The van der Waals surface area contributed by atoms with Gasteiger partial charge in [-0.05, 0) is 31.2 Å². The van der Waals surface area contributed by atoms with Crippen LogP contribution in [0.1, 0.15) is 11.3 Å². The molecule has 0 fully saturated rings. The topological polar surface area (TPSA) is 79.4 Å². The summed E-state index contributed by atoms with van der Waals surface area (Å²) in [6.45, 7) is 1.83. The van der Waals surface area contributed by atoms with E-state index in [2.05, 4.69) is 30.5 Å². The van der Waals surface area contributed by atoms with Gasteiger partial charge in [-0.2, -0.15) is 18.3 Å². The van der Waals surface area contributed by atoms with E-state index in [0.717, 1.165) is 11.8 Å². The highest BCUT2D eigenvalue weighted by molar-refractivity contribution is 5.72. The summed E-state index contributed by atoms with van der Waals surface area (Å²) in [5.41, 5.74) is 1.34. The lowest BCUT2D eigenvalue weighted by Gasteiger charge is -2.14. The highest BCUT2D eigenvalue weighted by atomic mass is 19.4. The summed E-state index contributed by atoms with van der Waals surface area (Å²) >= 11 is 0. The van der Waals surface area contributed by atoms with Gasteiger partial charge in [0.1, 0.15) is 0 Å². The number of anilines is 2. The van der Waals surface area contributed by atoms with Crippen LogP contribution in [0.15, 0.2) is 60.9 Å². The van der Waals surface area contributed by atoms with Gasteiger partial charge in [0, 0.05) is 35.3 Å². The van der Waals surface area contributed by atoms with E-state index in [4.69, 9.17) is 0 Å². The van der Waals surface area contributed by atoms with Crippen molar-refractivity contribution >= 4 is 11.8 Å². The van der Waals surface area contributed by atoms with E-state index in [-0.39, 0.29) is 17.2 Å². The van der Waals surface area contributed by atoms with Gasteiger partial charge < -0.3 is 5.32 Å². The van der Waals surface area contributed by atoms with Crippen molar-refractivity contribution < 1.29 is 13.2 Å². The second-order valence-corrected chi connectivity index (χ2v) is 6.30. The molecule has 6 nitrogen and oxygen atoms in total. The minimum absolute atomic E-state index is 0.0287. The smallest absolute Gasteiger partial charge is 0.307 e. The lowest BCUT2D eigenvalue weighted by atomic mass is 10.0. The Morgan fingerprint density at radius 2 is 1.66 bits per heavy atom. The van der Waals surface area contributed by atoms with E-state index in [0.29, 0.717) is 17.1 Å². The molecule has 0 aliphatic heterocycles. The van der Waals surface area contributed by atoms with Gasteiger partial charge in [0.2, 0.25) is 5.95 Å². The number of H-pyrrole nitrogens is 1. The molecule has 0 aliphatic rings. The Balaban J connectivity index is 1.87. The van der Waals surface area contributed by atoms with Crippen molar-refractivity contribution in [3.05, 3.63) is 72.2 Å². The second kappa shape index (κ2) is 7.34. The number of nitrogens with one attached hydrogen (secondary N) is 2. The number of pyridine rings is 1. The molecule has 0 unspecified atom stereocenters. The van der Waals surface area contributed by atoms with Gasteiger partial charge in [-0.25, -0.2) is 9.97 Å². The lowest BCUT2D eigenvalue weighted by molar-refractivity contribution is -0.137. The zero-order valence-electron chi connectivity index (χ0n) is 15.2. The van der Waals surface area contributed by atoms with Crippen LogP contribution in [0.3, 0.4) is 0 Å². The van der Waals surface area contributed by atoms with E-state index in [1.807, 2.05) is 6.92 Å². The number of benzene rings is 1.